The molecule has 0 aliphatic carbocycles. The third-order valence-electron chi connectivity index (χ3n) is 1.74. The lowest BCUT2D eigenvalue weighted by Gasteiger charge is -2.10. The number of nitrogens with one attached hydrogen (secondary N) is 1. The van der Waals surface area contributed by atoms with Crippen molar-refractivity contribution < 1.29 is 22.7 Å². The first-order valence-corrected chi connectivity index (χ1v) is 4.42. The van der Waals surface area contributed by atoms with E-state index < -0.39 is 18.5 Å². The van der Waals surface area contributed by atoms with Crippen molar-refractivity contribution in [2.45, 2.75) is 12.6 Å². The summed E-state index contributed by atoms with van der Waals surface area (Å²) < 4.78 is 40.6. The quantitative estimate of drug-likeness (QED) is 0.871. The fraction of sp³-hybridized carbons (Fsp3) is 0.300. The summed E-state index contributed by atoms with van der Waals surface area (Å²) in [4.78, 5) is 11.0. The fourth-order valence-electron chi connectivity index (χ4n) is 1.12. The van der Waals surface area contributed by atoms with Gasteiger partial charge in [-0.1, -0.05) is 12.1 Å². The highest BCUT2D eigenvalue weighted by molar-refractivity contribution is 5.92. The smallest absolute Gasteiger partial charge is 0.397 e. The van der Waals surface area contributed by atoms with Crippen LogP contribution in [0.4, 0.5) is 18.9 Å². The second-order valence-corrected chi connectivity index (χ2v) is 3.04. The number of amides is 1. The second-order valence-electron chi connectivity index (χ2n) is 3.04. The van der Waals surface area contributed by atoms with Crippen molar-refractivity contribution in [3.8, 4) is 5.75 Å². The minimum absolute atomic E-state index is 0.222. The van der Waals surface area contributed by atoms with Crippen LogP contribution >= 0.6 is 0 Å². The topological polar surface area (TPSA) is 38.3 Å². The molecule has 0 aromatic heterocycles. The zero-order valence-electron chi connectivity index (χ0n) is 8.47. The Morgan fingerprint density at radius 1 is 1.38 bits per heavy atom. The average Bonchev–Trinajstić information content (AvgIpc) is 2.15. The van der Waals surface area contributed by atoms with Gasteiger partial charge in [0.15, 0.2) is 0 Å². The highest BCUT2D eigenvalue weighted by atomic mass is 19.4. The van der Waals surface area contributed by atoms with Gasteiger partial charge in [-0.05, 0) is 12.1 Å². The molecule has 1 aromatic rings. The van der Waals surface area contributed by atoms with Crippen molar-refractivity contribution in [3.05, 3.63) is 24.3 Å². The van der Waals surface area contributed by atoms with E-state index in [0.717, 1.165) is 0 Å². The minimum atomic E-state index is -4.51. The number of carbonyl (C=O) groups is 1. The van der Waals surface area contributed by atoms with Gasteiger partial charge in [0.05, 0.1) is 12.8 Å². The number of para-hydroxylation sites is 2. The van der Waals surface area contributed by atoms with Crippen LogP contribution in [0.1, 0.15) is 6.42 Å². The Hall–Kier alpha value is -1.72. The van der Waals surface area contributed by atoms with Crippen LogP contribution < -0.4 is 10.1 Å². The van der Waals surface area contributed by atoms with E-state index in [9.17, 15) is 18.0 Å². The predicted octanol–water partition coefficient (Wildman–Crippen LogP) is 2.59. The lowest BCUT2D eigenvalue weighted by atomic mass is 10.3. The van der Waals surface area contributed by atoms with Gasteiger partial charge in [0.1, 0.15) is 12.2 Å². The molecule has 0 saturated carbocycles. The average molecular weight is 233 g/mol. The molecule has 0 aliphatic heterocycles. The van der Waals surface area contributed by atoms with E-state index in [-0.39, 0.29) is 5.69 Å². The molecule has 0 fully saturated rings. The monoisotopic (exact) mass is 233 g/mol. The van der Waals surface area contributed by atoms with Crippen LogP contribution in [0.3, 0.4) is 0 Å². The molecule has 0 spiro atoms. The first-order chi connectivity index (χ1) is 7.42. The zero-order valence-corrected chi connectivity index (χ0v) is 8.47. The van der Waals surface area contributed by atoms with Gasteiger partial charge in [-0.15, -0.1) is 0 Å². The third-order valence-corrected chi connectivity index (χ3v) is 1.74. The maximum absolute atomic E-state index is 11.9. The fourth-order valence-corrected chi connectivity index (χ4v) is 1.12. The molecular weight excluding hydrogens is 223 g/mol. The summed E-state index contributed by atoms with van der Waals surface area (Å²) in [6.45, 7) is 0. The number of rotatable bonds is 3. The number of anilines is 1. The molecule has 3 nitrogen and oxygen atoms in total. The van der Waals surface area contributed by atoms with Crippen molar-refractivity contribution in [1.82, 2.24) is 0 Å². The maximum atomic E-state index is 11.9. The van der Waals surface area contributed by atoms with E-state index in [1.807, 2.05) is 0 Å². The molecule has 0 unspecified atom stereocenters. The van der Waals surface area contributed by atoms with Gasteiger partial charge in [0, 0.05) is 0 Å². The van der Waals surface area contributed by atoms with Crippen LogP contribution in [0.15, 0.2) is 24.3 Å². The number of hydrogen-bond donors (Lipinski definition) is 1. The minimum Gasteiger partial charge on any atom is -0.495 e. The Morgan fingerprint density at radius 3 is 2.56 bits per heavy atom. The SMILES string of the molecule is COc1ccccc1NC(=O)CC(F)(F)F. The van der Waals surface area contributed by atoms with E-state index in [4.69, 9.17) is 4.74 Å². The molecule has 0 heterocycles. The Kier molecular flexibility index (Phi) is 3.76. The molecule has 0 aliphatic rings. The summed E-state index contributed by atoms with van der Waals surface area (Å²) in [6, 6.07) is 6.25. The summed E-state index contributed by atoms with van der Waals surface area (Å²) in [5, 5.41) is 2.13. The summed E-state index contributed by atoms with van der Waals surface area (Å²) in [7, 11) is 1.37. The number of halogens is 3. The number of hydrogen-bond acceptors (Lipinski definition) is 2. The van der Waals surface area contributed by atoms with E-state index in [2.05, 4.69) is 5.32 Å². The molecule has 1 amide bonds. The van der Waals surface area contributed by atoms with Crippen LogP contribution in [-0.4, -0.2) is 19.2 Å². The summed E-state index contributed by atoms with van der Waals surface area (Å²) in [5.41, 5.74) is 0.222. The van der Waals surface area contributed by atoms with E-state index in [1.165, 1.54) is 13.2 Å². The van der Waals surface area contributed by atoms with Gasteiger partial charge in [0.2, 0.25) is 5.91 Å². The normalized spacial score (nSPS) is 11.0. The predicted molar refractivity (Wildman–Crippen MR) is 52.3 cm³/mol. The molecule has 0 atom stereocenters. The molecule has 88 valence electrons. The standard InChI is InChI=1S/C10H10F3NO2/c1-16-8-5-3-2-4-7(8)14-9(15)6-10(11,12)13/h2-5H,6H2,1H3,(H,14,15). The molecule has 0 saturated heterocycles. The number of carbonyl (C=O) groups excluding carboxylic acids is 1. The number of methoxy groups -OCH3 is 1. The number of ether oxygens (including phenoxy) is 1. The van der Waals surface area contributed by atoms with Crippen molar-refractivity contribution in [3.63, 3.8) is 0 Å². The molecule has 1 rings (SSSR count). The largest absolute Gasteiger partial charge is 0.495 e. The van der Waals surface area contributed by atoms with Crippen LogP contribution in [0.2, 0.25) is 0 Å². The molecule has 0 bridgehead atoms. The van der Waals surface area contributed by atoms with E-state index in [0.29, 0.717) is 5.75 Å². The first-order valence-electron chi connectivity index (χ1n) is 4.42. The Morgan fingerprint density at radius 2 is 2.00 bits per heavy atom. The van der Waals surface area contributed by atoms with Crippen LogP contribution in [0.25, 0.3) is 0 Å². The number of benzene rings is 1. The molecule has 1 aromatic carbocycles. The van der Waals surface area contributed by atoms with E-state index >= 15 is 0 Å². The van der Waals surface area contributed by atoms with Gasteiger partial charge in [-0.2, -0.15) is 13.2 Å². The van der Waals surface area contributed by atoms with Crippen LogP contribution in [0, 0.1) is 0 Å². The van der Waals surface area contributed by atoms with Gasteiger partial charge in [0.25, 0.3) is 0 Å². The molecule has 0 radical (unpaired) electrons. The second kappa shape index (κ2) is 4.87. The van der Waals surface area contributed by atoms with Crippen LogP contribution in [-0.2, 0) is 4.79 Å². The van der Waals surface area contributed by atoms with Gasteiger partial charge < -0.3 is 10.1 Å². The van der Waals surface area contributed by atoms with Crippen molar-refractivity contribution >= 4 is 11.6 Å². The van der Waals surface area contributed by atoms with E-state index in [1.54, 1.807) is 18.2 Å². The number of alkyl halides is 3. The summed E-state index contributed by atoms with van der Waals surface area (Å²) in [5.74, 6) is -0.796. The maximum Gasteiger partial charge on any atom is 0.397 e. The summed E-state index contributed by atoms with van der Waals surface area (Å²) >= 11 is 0. The van der Waals surface area contributed by atoms with Gasteiger partial charge in [-0.25, -0.2) is 0 Å². The Labute approximate surface area is 90.2 Å². The van der Waals surface area contributed by atoms with Crippen molar-refractivity contribution in [1.29, 1.82) is 0 Å². The van der Waals surface area contributed by atoms with Crippen molar-refractivity contribution in [2.24, 2.45) is 0 Å². The van der Waals surface area contributed by atoms with Gasteiger partial charge in [-0.3, -0.25) is 4.79 Å². The van der Waals surface area contributed by atoms with Crippen LogP contribution in [0.5, 0.6) is 5.75 Å². The highest BCUT2D eigenvalue weighted by Gasteiger charge is 2.31. The highest BCUT2D eigenvalue weighted by Crippen LogP contribution is 2.25. The Bertz CT molecular complexity index is 377. The molecule has 16 heavy (non-hydrogen) atoms. The Balaban J connectivity index is 2.70. The first kappa shape index (κ1) is 12.4. The lowest BCUT2D eigenvalue weighted by molar-refractivity contribution is -0.150. The summed E-state index contributed by atoms with van der Waals surface area (Å²) in [6.07, 6.45) is -6.02. The van der Waals surface area contributed by atoms with Gasteiger partial charge >= 0.3 is 6.18 Å². The lowest BCUT2D eigenvalue weighted by Crippen LogP contribution is -2.21. The molecular formula is C10H10F3NO2. The molecule has 6 heteroatoms. The third kappa shape index (κ3) is 3.80. The zero-order chi connectivity index (χ0) is 12.2. The molecule has 1 N–H and O–H groups in total. The van der Waals surface area contributed by atoms with Crippen molar-refractivity contribution in [2.75, 3.05) is 12.4 Å².